The van der Waals surface area contributed by atoms with E-state index in [9.17, 15) is 0 Å². The number of para-hydroxylation sites is 1. The summed E-state index contributed by atoms with van der Waals surface area (Å²) in [5, 5.41) is 3.88. The predicted molar refractivity (Wildman–Crippen MR) is 123 cm³/mol. The van der Waals surface area contributed by atoms with Crippen molar-refractivity contribution in [1.29, 1.82) is 0 Å². The number of benzene rings is 4. The molecule has 4 aromatic carbocycles. The monoisotopic (exact) mass is 378 g/mol. The normalized spacial score (nSPS) is 10.7. The van der Waals surface area contributed by atoms with Crippen LogP contribution in [0.5, 0.6) is 0 Å². The molecule has 0 radical (unpaired) electrons. The summed E-state index contributed by atoms with van der Waals surface area (Å²) in [6.45, 7) is 0. The van der Waals surface area contributed by atoms with Gasteiger partial charge in [-0.3, -0.25) is 0 Å². The van der Waals surface area contributed by atoms with Crippen molar-refractivity contribution >= 4 is 34.7 Å². The SMILES string of the molecule is C(=C[P+](c1ccccc1)(c1ccccc1)c1ccccc1)=Nc1ccccc1. The van der Waals surface area contributed by atoms with Crippen molar-refractivity contribution in [1.82, 2.24) is 0 Å². The Bertz CT molecular complexity index is 972. The van der Waals surface area contributed by atoms with E-state index in [1.54, 1.807) is 0 Å². The van der Waals surface area contributed by atoms with Crippen LogP contribution in [0, 0.1) is 0 Å². The molecule has 4 aromatic rings. The minimum absolute atomic E-state index is 0.908. The summed E-state index contributed by atoms with van der Waals surface area (Å²) >= 11 is 0. The fraction of sp³-hybridized carbons (Fsp3) is 0. The highest BCUT2D eigenvalue weighted by molar-refractivity contribution is 7.98. The van der Waals surface area contributed by atoms with Gasteiger partial charge in [0, 0.05) is 5.87 Å². The summed E-state index contributed by atoms with van der Waals surface area (Å²) in [5.41, 5.74) is 0.908. The third-order valence-corrected chi connectivity index (χ3v) is 8.53. The maximum atomic E-state index is 4.59. The van der Waals surface area contributed by atoms with Gasteiger partial charge in [-0.1, -0.05) is 72.8 Å². The lowest BCUT2D eigenvalue weighted by Crippen LogP contribution is -2.29. The lowest BCUT2D eigenvalue weighted by atomic mass is 10.3. The van der Waals surface area contributed by atoms with Gasteiger partial charge in [0.1, 0.15) is 29.0 Å². The minimum Gasteiger partial charge on any atom is -0.203 e. The molecule has 2 heteroatoms. The molecule has 0 heterocycles. The highest BCUT2D eigenvalue weighted by Gasteiger charge is 2.43. The second kappa shape index (κ2) is 8.63. The lowest BCUT2D eigenvalue weighted by Gasteiger charge is -2.22. The van der Waals surface area contributed by atoms with E-state index in [1.807, 2.05) is 30.3 Å². The Labute approximate surface area is 167 Å². The average Bonchev–Trinajstić information content (AvgIpc) is 2.79. The molecule has 0 aliphatic carbocycles. The summed E-state index contributed by atoms with van der Waals surface area (Å²) in [6, 6.07) is 42.1. The molecule has 0 unspecified atom stereocenters. The van der Waals surface area contributed by atoms with E-state index in [4.69, 9.17) is 0 Å². The molecule has 0 saturated heterocycles. The van der Waals surface area contributed by atoms with Crippen molar-refractivity contribution in [2.24, 2.45) is 4.99 Å². The maximum Gasteiger partial charge on any atom is 0.146 e. The minimum atomic E-state index is -2.02. The Morgan fingerprint density at radius 3 is 1.25 bits per heavy atom. The first-order valence-corrected chi connectivity index (χ1v) is 11.2. The molecule has 1 nitrogen and oxygen atoms in total. The Morgan fingerprint density at radius 1 is 0.500 bits per heavy atom. The predicted octanol–water partition coefficient (Wildman–Crippen LogP) is 5.50. The number of aliphatic imine (C=N–C) groups is 1. The largest absolute Gasteiger partial charge is 0.203 e. The average molecular weight is 378 g/mol. The number of nitrogens with zero attached hydrogens (tertiary/aromatic N) is 1. The van der Waals surface area contributed by atoms with Gasteiger partial charge < -0.3 is 0 Å². The molecule has 0 amide bonds. The van der Waals surface area contributed by atoms with Gasteiger partial charge in [-0.2, -0.15) is 0 Å². The molecule has 4 rings (SSSR count). The van der Waals surface area contributed by atoms with Crippen LogP contribution in [-0.4, -0.2) is 5.87 Å². The van der Waals surface area contributed by atoms with Crippen LogP contribution in [0.1, 0.15) is 0 Å². The summed E-state index contributed by atoms with van der Waals surface area (Å²) < 4.78 is 0. The highest BCUT2D eigenvalue weighted by Crippen LogP contribution is 2.56. The van der Waals surface area contributed by atoms with Crippen LogP contribution < -0.4 is 15.9 Å². The third-order valence-electron chi connectivity index (χ3n) is 4.69. The molecule has 0 aromatic heterocycles. The molecule has 0 aliphatic heterocycles. The van der Waals surface area contributed by atoms with Crippen molar-refractivity contribution in [3.8, 4) is 0 Å². The standard InChI is InChI=1S/C26H21NP/c1-5-13-23(14-6-1)27-21-22-28(24-15-7-2-8-16-24,25-17-9-3-10-18-25)26-19-11-4-12-20-26/h1-20,22H/q+1. The molecular formula is C26H21NP+. The van der Waals surface area contributed by atoms with Crippen LogP contribution in [0.4, 0.5) is 5.69 Å². The van der Waals surface area contributed by atoms with E-state index in [2.05, 4.69) is 108 Å². The van der Waals surface area contributed by atoms with Gasteiger partial charge in [0.25, 0.3) is 0 Å². The zero-order valence-electron chi connectivity index (χ0n) is 15.5. The quantitative estimate of drug-likeness (QED) is 0.321. The smallest absolute Gasteiger partial charge is 0.146 e. The fourth-order valence-corrected chi connectivity index (χ4v) is 6.85. The Balaban J connectivity index is 1.97. The number of rotatable bonds is 5. The molecule has 28 heavy (non-hydrogen) atoms. The maximum absolute atomic E-state index is 4.59. The van der Waals surface area contributed by atoms with Crippen molar-refractivity contribution in [2.75, 3.05) is 0 Å². The third kappa shape index (κ3) is 3.73. The van der Waals surface area contributed by atoms with Crippen LogP contribution in [-0.2, 0) is 0 Å². The number of hydrogen-bond acceptors (Lipinski definition) is 1. The zero-order valence-corrected chi connectivity index (χ0v) is 16.4. The van der Waals surface area contributed by atoms with Gasteiger partial charge in [-0.15, -0.1) is 0 Å². The topological polar surface area (TPSA) is 12.4 Å². The van der Waals surface area contributed by atoms with Gasteiger partial charge in [0.05, 0.1) is 5.69 Å². The molecule has 0 aliphatic rings. The van der Waals surface area contributed by atoms with Gasteiger partial charge in [0.15, 0.2) is 0 Å². The van der Waals surface area contributed by atoms with Crippen LogP contribution in [0.25, 0.3) is 0 Å². The molecule has 0 atom stereocenters. The summed E-state index contributed by atoms with van der Waals surface area (Å²) in [7, 11) is -2.02. The highest BCUT2D eigenvalue weighted by atomic mass is 31.2. The van der Waals surface area contributed by atoms with E-state index in [0.717, 1.165) is 5.69 Å². The molecule has 0 N–H and O–H groups in total. The van der Waals surface area contributed by atoms with Gasteiger partial charge in [-0.25, -0.2) is 4.99 Å². The van der Waals surface area contributed by atoms with E-state index in [1.165, 1.54) is 15.9 Å². The lowest BCUT2D eigenvalue weighted by molar-refractivity contribution is 1.55. The Hall–Kier alpha value is -3.24. The molecule has 0 saturated carbocycles. The van der Waals surface area contributed by atoms with Crippen LogP contribution >= 0.6 is 7.26 Å². The van der Waals surface area contributed by atoms with E-state index in [-0.39, 0.29) is 0 Å². The van der Waals surface area contributed by atoms with E-state index in [0.29, 0.717) is 0 Å². The Morgan fingerprint density at radius 2 is 0.857 bits per heavy atom. The van der Waals surface area contributed by atoms with Crippen molar-refractivity contribution < 1.29 is 0 Å². The van der Waals surface area contributed by atoms with Crippen molar-refractivity contribution in [2.45, 2.75) is 0 Å². The first-order chi connectivity index (χ1) is 13.9. The summed E-state index contributed by atoms with van der Waals surface area (Å²) in [4.78, 5) is 4.59. The fourth-order valence-electron chi connectivity index (χ4n) is 3.35. The van der Waals surface area contributed by atoms with Gasteiger partial charge >= 0.3 is 0 Å². The first kappa shape index (κ1) is 18.1. The summed E-state index contributed by atoms with van der Waals surface area (Å²) in [5.74, 6) is 5.48. The Kier molecular flexibility index (Phi) is 5.59. The zero-order chi connectivity index (χ0) is 19.1. The van der Waals surface area contributed by atoms with Crippen LogP contribution in [0.3, 0.4) is 0 Å². The molecular weight excluding hydrogens is 357 g/mol. The van der Waals surface area contributed by atoms with E-state index >= 15 is 0 Å². The molecule has 0 bridgehead atoms. The second-order valence-electron chi connectivity index (χ2n) is 6.43. The second-order valence-corrected chi connectivity index (χ2v) is 9.69. The molecule has 0 spiro atoms. The molecule has 0 fully saturated rings. The van der Waals surface area contributed by atoms with E-state index < -0.39 is 7.26 Å². The van der Waals surface area contributed by atoms with Crippen LogP contribution in [0.2, 0.25) is 0 Å². The molecule has 134 valence electrons. The van der Waals surface area contributed by atoms with Crippen molar-refractivity contribution in [3.05, 3.63) is 127 Å². The van der Waals surface area contributed by atoms with Crippen LogP contribution in [0.15, 0.2) is 132 Å². The summed E-state index contributed by atoms with van der Waals surface area (Å²) in [6.07, 6.45) is 0. The van der Waals surface area contributed by atoms with Gasteiger partial charge in [0.2, 0.25) is 0 Å². The van der Waals surface area contributed by atoms with Crippen molar-refractivity contribution in [3.63, 3.8) is 0 Å². The van der Waals surface area contributed by atoms with Gasteiger partial charge in [-0.05, 0) is 48.5 Å². The number of hydrogen-bond donors (Lipinski definition) is 0. The first-order valence-electron chi connectivity index (χ1n) is 9.31.